The van der Waals surface area contributed by atoms with Crippen molar-refractivity contribution in [3.05, 3.63) is 35.7 Å². The van der Waals surface area contributed by atoms with Gasteiger partial charge in [-0.2, -0.15) is 22.8 Å². The van der Waals surface area contributed by atoms with E-state index >= 15 is 0 Å². The normalized spacial score (nSPS) is 12.0. The molecule has 0 spiro atoms. The standard InChI is InChI=1S/C11H4ClF3N4OS/c12-7(20)5-2-1-3-6(4-5)8-18-19-9(11(13,14)15)16-17-10(19)21-8/h1-4H. The molecular weight excluding hydrogens is 329 g/mol. The Kier molecular flexibility index (Phi) is 3.18. The number of aromatic nitrogens is 4. The van der Waals surface area contributed by atoms with E-state index in [1.165, 1.54) is 12.1 Å². The number of hydrogen-bond acceptors (Lipinski definition) is 5. The molecule has 0 radical (unpaired) electrons. The van der Waals surface area contributed by atoms with Gasteiger partial charge in [0.1, 0.15) is 5.01 Å². The summed E-state index contributed by atoms with van der Waals surface area (Å²) in [6.07, 6.45) is -4.64. The summed E-state index contributed by atoms with van der Waals surface area (Å²) >= 11 is 6.30. The molecular formula is C11H4ClF3N4OS. The van der Waals surface area contributed by atoms with Crippen molar-refractivity contribution in [3.63, 3.8) is 0 Å². The number of halogens is 4. The molecule has 21 heavy (non-hydrogen) atoms. The second-order valence-corrected chi connectivity index (χ2v) is 5.28. The molecule has 0 atom stereocenters. The molecule has 1 aromatic carbocycles. The average molecular weight is 333 g/mol. The van der Waals surface area contributed by atoms with Crippen LogP contribution in [0.15, 0.2) is 24.3 Å². The van der Waals surface area contributed by atoms with Gasteiger partial charge in [-0.1, -0.05) is 29.5 Å². The van der Waals surface area contributed by atoms with Gasteiger partial charge < -0.3 is 0 Å². The van der Waals surface area contributed by atoms with E-state index in [1.807, 2.05) is 0 Å². The van der Waals surface area contributed by atoms with Gasteiger partial charge >= 0.3 is 6.18 Å². The highest BCUT2D eigenvalue weighted by Gasteiger charge is 2.38. The monoisotopic (exact) mass is 332 g/mol. The van der Waals surface area contributed by atoms with Crippen LogP contribution in [0.25, 0.3) is 15.5 Å². The smallest absolute Gasteiger partial charge is 0.276 e. The van der Waals surface area contributed by atoms with Crippen molar-refractivity contribution in [3.8, 4) is 10.6 Å². The number of fused-ring (bicyclic) bond motifs is 1. The van der Waals surface area contributed by atoms with Crippen LogP contribution in [-0.4, -0.2) is 25.1 Å². The van der Waals surface area contributed by atoms with E-state index in [0.29, 0.717) is 10.1 Å². The SMILES string of the molecule is O=C(Cl)c1cccc(-c2nn3c(C(F)(F)F)nnc3s2)c1. The zero-order valence-corrected chi connectivity index (χ0v) is 11.5. The fraction of sp³-hybridized carbons (Fsp3) is 0.0909. The highest BCUT2D eigenvalue weighted by molar-refractivity contribution is 7.19. The van der Waals surface area contributed by atoms with Gasteiger partial charge in [-0.05, 0) is 17.7 Å². The Balaban J connectivity index is 2.12. The van der Waals surface area contributed by atoms with Gasteiger partial charge in [0, 0.05) is 11.1 Å². The Morgan fingerprint density at radius 1 is 1.29 bits per heavy atom. The van der Waals surface area contributed by atoms with E-state index in [2.05, 4.69) is 15.3 Å². The van der Waals surface area contributed by atoms with Gasteiger partial charge in [0.05, 0.1) is 0 Å². The van der Waals surface area contributed by atoms with Crippen molar-refractivity contribution in [1.82, 2.24) is 19.8 Å². The molecule has 0 aliphatic carbocycles. The minimum absolute atomic E-state index is 0.0138. The van der Waals surface area contributed by atoms with Crippen LogP contribution in [0.2, 0.25) is 0 Å². The number of carbonyl (C=O) groups is 1. The lowest BCUT2D eigenvalue weighted by Crippen LogP contribution is -2.11. The largest absolute Gasteiger partial charge is 0.453 e. The Bertz CT molecular complexity index is 841. The van der Waals surface area contributed by atoms with Gasteiger partial charge in [0.15, 0.2) is 0 Å². The number of benzene rings is 1. The van der Waals surface area contributed by atoms with Crippen LogP contribution in [0.4, 0.5) is 13.2 Å². The molecule has 0 amide bonds. The van der Waals surface area contributed by atoms with E-state index < -0.39 is 17.2 Å². The summed E-state index contributed by atoms with van der Waals surface area (Å²) in [7, 11) is 0. The van der Waals surface area contributed by atoms with Crippen molar-refractivity contribution in [2.24, 2.45) is 0 Å². The maximum Gasteiger partial charge on any atom is 0.453 e. The summed E-state index contributed by atoms with van der Waals surface area (Å²) in [5.41, 5.74) is 0.710. The van der Waals surface area contributed by atoms with Gasteiger partial charge in [0.25, 0.3) is 11.1 Å². The molecule has 0 aliphatic heterocycles. The predicted octanol–water partition coefficient (Wildman–Crippen LogP) is 3.25. The summed E-state index contributed by atoms with van der Waals surface area (Å²) in [5, 5.41) is 9.98. The lowest BCUT2D eigenvalue weighted by molar-refractivity contribution is -0.146. The first-order valence-electron chi connectivity index (χ1n) is 5.46. The number of nitrogens with zero attached hydrogens (tertiary/aromatic N) is 4. The molecule has 0 saturated heterocycles. The van der Waals surface area contributed by atoms with Crippen molar-refractivity contribution < 1.29 is 18.0 Å². The highest BCUT2D eigenvalue weighted by atomic mass is 35.5. The van der Waals surface area contributed by atoms with Gasteiger partial charge in [-0.3, -0.25) is 4.79 Å². The predicted molar refractivity (Wildman–Crippen MR) is 69.3 cm³/mol. The Morgan fingerprint density at radius 3 is 2.71 bits per heavy atom. The van der Waals surface area contributed by atoms with E-state index in [1.54, 1.807) is 12.1 Å². The summed E-state index contributed by atoms with van der Waals surface area (Å²) in [6.45, 7) is 0. The third-order valence-corrected chi connectivity index (χ3v) is 3.75. The highest BCUT2D eigenvalue weighted by Crippen LogP contribution is 2.31. The van der Waals surface area contributed by atoms with Crippen LogP contribution in [0.3, 0.4) is 0 Å². The average Bonchev–Trinajstić information content (AvgIpc) is 2.96. The first kappa shape index (κ1) is 14.0. The number of carbonyl (C=O) groups excluding carboxylic acids is 1. The van der Waals surface area contributed by atoms with Crippen LogP contribution in [-0.2, 0) is 6.18 Å². The number of alkyl halides is 3. The van der Waals surface area contributed by atoms with Crippen molar-refractivity contribution in [1.29, 1.82) is 0 Å². The third-order valence-electron chi connectivity index (χ3n) is 2.58. The number of hydrogen-bond donors (Lipinski definition) is 0. The minimum atomic E-state index is -4.64. The van der Waals surface area contributed by atoms with Crippen LogP contribution in [0, 0.1) is 0 Å². The zero-order valence-electron chi connectivity index (χ0n) is 9.93. The lowest BCUT2D eigenvalue weighted by Gasteiger charge is -2.00. The second-order valence-electron chi connectivity index (χ2n) is 3.98. The summed E-state index contributed by atoms with van der Waals surface area (Å²) in [6, 6.07) is 6.13. The van der Waals surface area contributed by atoms with Gasteiger partial charge in [-0.15, -0.1) is 10.2 Å². The molecule has 0 unspecified atom stereocenters. The fourth-order valence-corrected chi connectivity index (χ4v) is 2.64. The fourth-order valence-electron chi connectivity index (χ4n) is 1.68. The van der Waals surface area contributed by atoms with E-state index in [9.17, 15) is 18.0 Å². The molecule has 2 heterocycles. The van der Waals surface area contributed by atoms with Crippen molar-refractivity contribution >= 4 is 33.1 Å². The van der Waals surface area contributed by atoms with Crippen LogP contribution in [0.1, 0.15) is 16.2 Å². The van der Waals surface area contributed by atoms with Gasteiger partial charge in [-0.25, -0.2) is 0 Å². The summed E-state index contributed by atoms with van der Waals surface area (Å²) in [4.78, 5) is 11.1. The molecule has 5 nitrogen and oxygen atoms in total. The molecule has 0 N–H and O–H groups in total. The van der Waals surface area contributed by atoms with Crippen molar-refractivity contribution in [2.45, 2.75) is 6.18 Å². The first-order valence-corrected chi connectivity index (χ1v) is 6.65. The minimum Gasteiger partial charge on any atom is -0.276 e. The van der Waals surface area contributed by atoms with Crippen molar-refractivity contribution in [2.75, 3.05) is 0 Å². The molecule has 0 saturated carbocycles. The Labute approximate surface area is 124 Å². The van der Waals surface area contributed by atoms with Crippen LogP contribution >= 0.6 is 22.9 Å². The second kappa shape index (κ2) is 4.78. The Morgan fingerprint density at radius 2 is 2.05 bits per heavy atom. The molecule has 10 heteroatoms. The van der Waals surface area contributed by atoms with E-state index in [4.69, 9.17) is 11.6 Å². The summed E-state index contributed by atoms with van der Waals surface area (Å²) < 4.78 is 38.8. The topological polar surface area (TPSA) is 60.2 Å². The summed E-state index contributed by atoms with van der Waals surface area (Å²) in [5.74, 6) is -1.19. The molecule has 0 fully saturated rings. The van der Waals surface area contributed by atoms with Gasteiger partial charge in [0.2, 0.25) is 4.96 Å². The Hall–Kier alpha value is -2.00. The number of rotatable bonds is 2. The maximum absolute atomic E-state index is 12.7. The first-order chi connectivity index (χ1) is 9.86. The van der Waals surface area contributed by atoms with E-state index in [0.717, 1.165) is 11.3 Å². The molecule has 108 valence electrons. The van der Waals surface area contributed by atoms with Crippen LogP contribution in [0.5, 0.6) is 0 Å². The molecule has 3 aromatic rings. The molecule has 0 aliphatic rings. The maximum atomic E-state index is 12.7. The molecule has 3 rings (SSSR count). The van der Waals surface area contributed by atoms with E-state index in [-0.39, 0.29) is 15.5 Å². The molecule has 2 aromatic heterocycles. The zero-order chi connectivity index (χ0) is 15.2. The quantitative estimate of drug-likeness (QED) is 0.676. The third kappa shape index (κ3) is 2.49. The lowest BCUT2D eigenvalue weighted by atomic mass is 10.1. The van der Waals surface area contributed by atoms with Crippen LogP contribution < -0.4 is 0 Å². The molecule has 0 bridgehead atoms.